The van der Waals surface area contributed by atoms with Crippen molar-refractivity contribution in [1.29, 1.82) is 0 Å². The fraction of sp³-hybridized carbons (Fsp3) is 0.220. The summed E-state index contributed by atoms with van der Waals surface area (Å²) in [5.41, 5.74) is 10.6. The van der Waals surface area contributed by atoms with E-state index in [0.29, 0.717) is 5.92 Å². The van der Waals surface area contributed by atoms with Crippen molar-refractivity contribution in [2.75, 3.05) is 10.6 Å². The Balaban J connectivity index is 1.31. The Morgan fingerprint density at radius 2 is 1.35 bits per heavy atom. The molecule has 0 heterocycles. The van der Waals surface area contributed by atoms with E-state index in [0.717, 1.165) is 35.6 Å². The summed E-state index contributed by atoms with van der Waals surface area (Å²) >= 11 is 0. The van der Waals surface area contributed by atoms with Crippen LogP contribution in [-0.4, -0.2) is 0 Å². The van der Waals surface area contributed by atoms with Gasteiger partial charge in [-0.2, -0.15) is 0 Å². The summed E-state index contributed by atoms with van der Waals surface area (Å²) in [4.78, 5) is 0. The molecule has 43 heavy (non-hydrogen) atoms. The highest BCUT2D eigenvalue weighted by molar-refractivity contribution is 5.73. The van der Waals surface area contributed by atoms with Crippen molar-refractivity contribution in [1.82, 2.24) is 0 Å². The number of hydrogen-bond donors (Lipinski definition) is 2. The van der Waals surface area contributed by atoms with Crippen LogP contribution < -0.4 is 10.6 Å². The topological polar surface area (TPSA) is 24.1 Å². The Bertz CT molecular complexity index is 1620. The molecule has 218 valence electrons. The Morgan fingerprint density at radius 1 is 0.767 bits per heavy atom. The lowest BCUT2D eigenvalue weighted by Crippen LogP contribution is -2.19. The first-order valence-corrected chi connectivity index (χ1v) is 15.4. The summed E-state index contributed by atoms with van der Waals surface area (Å²) in [6.07, 6.45) is 15.6. The average molecular weight is 565 g/mol. The second-order valence-electron chi connectivity index (χ2n) is 12.0. The maximum absolute atomic E-state index is 4.32. The number of para-hydroxylation sites is 2. The third-order valence-electron chi connectivity index (χ3n) is 8.52. The van der Waals surface area contributed by atoms with Gasteiger partial charge < -0.3 is 10.6 Å². The molecule has 0 bridgehead atoms. The lowest BCUT2D eigenvalue weighted by atomic mass is 9.78. The summed E-state index contributed by atoms with van der Waals surface area (Å²) in [7, 11) is 0. The van der Waals surface area contributed by atoms with Crippen molar-refractivity contribution in [2.45, 2.75) is 51.9 Å². The smallest absolute Gasteiger partial charge is 0.0425 e. The van der Waals surface area contributed by atoms with Crippen LogP contribution in [0.25, 0.3) is 11.1 Å². The van der Waals surface area contributed by atoms with Crippen LogP contribution in [0.15, 0.2) is 146 Å². The molecule has 2 heteroatoms. The number of hydrogen-bond acceptors (Lipinski definition) is 2. The number of anilines is 4. The molecule has 2 N–H and O–H groups in total. The van der Waals surface area contributed by atoms with Crippen molar-refractivity contribution in [3.05, 3.63) is 157 Å². The molecule has 0 aliphatic heterocycles. The van der Waals surface area contributed by atoms with Crippen molar-refractivity contribution < 1.29 is 0 Å². The van der Waals surface area contributed by atoms with Gasteiger partial charge in [-0.1, -0.05) is 123 Å². The van der Waals surface area contributed by atoms with Gasteiger partial charge in [-0.25, -0.2) is 0 Å². The summed E-state index contributed by atoms with van der Waals surface area (Å²) in [5, 5.41) is 7.37. The maximum atomic E-state index is 4.32. The van der Waals surface area contributed by atoms with E-state index in [9.17, 15) is 0 Å². The third-order valence-corrected chi connectivity index (χ3v) is 8.52. The zero-order chi connectivity index (χ0) is 30.2. The average Bonchev–Trinajstić information content (AvgIpc) is 3.24. The molecule has 0 spiro atoms. The van der Waals surface area contributed by atoms with Crippen LogP contribution >= 0.6 is 0 Å². The van der Waals surface area contributed by atoms with E-state index in [4.69, 9.17) is 0 Å². The van der Waals surface area contributed by atoms with Crippen molar-refractivity contribution in [2.24, 2.45) is 5.92 Å². The van der Waals surface area contributed by atoms with E-state index in [-0.39, 0.29) is 11.3 Å². The SMILES string of the molecule is C=C(C)C(c1ccccc1Nc1ccc(-c2ccc(Nc3ccccc3C3(C)C=CCC=CC3)cc2)cc1)C(C)/C=C\C. The minimum absolute atomic E-state index is 0.0247. The lowest BCUT2D eigenvalue weighted by Gasteiger charge is -2.28. The summed E-state index contributed by atoms with van der Waals surface area (Å²) in [5.74, 6) is 0.620. The number of allylic oxidation sites excluding steroid dienone is 7. The molecule has 4 aromatic rings. The van der Waals surface area contributed by atoms with Crippen molar-refractivity contribution >= 4 is 22.7 Å². The Hall–Kier alpha value is -4.56. The van der Waals surface area contributed by atoms with E-state index in [1.807, 2.05) is 0 Å². The first-order valence-electron chi connectivity index (χ1n) is 15.4. The van der Waals surface area contributed by atoms with Gasteiger partial charge in [-0.05, 0) is 91.3 Å². The molecule has 0 saturated heterocycles. The molecule has 4 aromatic carbocycles. The van der Waals surface area contributed by atoms with Crippen LogP contribution in [0.2, 0.25) is 0 Å². The zero-order valence-corrected chi connectivity index (χ0v) is 26.0. The van der Waals surface area contributed by atoms with Crippen molar-refractivity contribution in [3.8, 4) is 11.1 Å². The molecular formula is C41H44N2. The Kier molecular flexibility index (Phi) is 9.47. The zero-order valence-electron chi connectivity index (χ0n) is 26.0. The molecule has 0 fully saturated rings. The third kappa shape index (κ3) is 7.09. The standard InChI is InChI=1S/C41H44N2/c1-6-15-31(4)40(30(2)3)36-16-9-11-18-38(36)42-34-24-20-32(21-25-34)33-22-26-35(27-23-33)43-39-19-12-10-17-37(39)41(5)28-13-7-8-14-29-41/h6-7,9-27,29,31,40,42-43H,2,8,28H2,1,3-5H3/b15-6-. The van der Waals surface area contributed by atoms with E-state index in [1.54, 1.807) is 0 Å². The van der Waals surface area contributed by atoms with Gasteiger partial charge in [-0.3, -0.25) is 0 Å². The molecule has 1 aliphatic rings. The lowest BCUT2D eigenvalue weighted by molar-refractivity contribution is 0.609. The summed E-state index contributed by atoms with van der Waals surface area (Å²) in [6.45, 7) is 13.1. The molecule has 0 amide bonds. The van der Waals surface area contributed by atoms with Gasteiger partial charge in [0.2, 0.25) is 0 Å². The summed E-state index contributed by atoms with van der Waals surface area (Å²) < 4.78 is 0. The van der Waals surface area contributed by atoms with Crippen molar-refractivity contribution in [3.63, 3.8) is 0 Å². The molecule has 0 radical (unpaired) electrons. The molecule has 0 aromatic heterocycles. The van der Waals surface area contributed by atoms with Crippen LogP contribution in [0.4, 0.5) is 22.7 Å². The number of benzene rings is 4. The largest absolute Gasteiger partial charge is 0.355 e. The Labute approximate surface area is 258 Å². The molecule has 5 rings (SSSR count). The summed E-state index contributed by atoms with van der Waals surface area (Å²) in [6, 6.07) is 34.7. The molecule has 1 aliphatic carbocycles. The first kappa shape index (κ1) is 29.9. The molecular weight excluding hydrogens is 520 g/mol. The van der Waals surface area contributed by atoms with E-state index in [1.165, 1.54) is 27.8 Å². The minimum Gasteiger partial charge on any atom is -0.355 e. The van der Waals surface area contributed by atoms with Crippen LogP contribution in [0.1, 0.15) is 57.6 Å². The maximum Gasteiger partial charge on any atom is 0.0425 e. The van der Waals surface area contributed by atoms with Crippen LogP contribution in [0, 0.1) is 5.92 Å². The van der Waals surface area contributed by atoms with Crippen LogP contribution in [-0.2, 0) is 5.41 Å². The second-order valence-corrected chi connectivity index (χ2v) is 12.0. The van der Waals surface area contributed by atoms with Gasteiger partial charge in [0.1, 0.15) is 0 Å². The predicted octanol–water partition coefficient (Wildman–Crippen LogP) is 11.9. The molecule has 0 saturated carbocycles. The number of rotatable bonds is 10. The number of nitrogens with one attached hydrogen (secondary N) is 2. The van der Waals surface area contributed by atoms with E-state index in [2.05, 4.69) is 178 Å². The highest BCUT2D eigenvalue weighted by Gasteiger charge is 2.26. The molecule has 2 nitrogen and oxygen atoms in total. The van der Waals surface area contributed by atoms with Gasteiger partial charge in [-0.15, -0.1) is 0 Å². The minimum atomic E-state index is -0.0247. The van der Waals surface area contributed by atoms with E-state index < -0.39 is 0 Å². The van der Waals surface area contributed by atoms with Gasteiger partial charge in [0.05, 0.1) is 0 Å². The normalized spacial score (nSPS) is 17.8. The highest BCUT2D eigenvalue weighted by Crippen LogP contribution is 2.39. The van der Waals surface area contributed by atoms with Crippen LogP contribution in [0.3, 0.4) is 0 Å². The van der Waals surface area contributed by atoms with Gasteiger partial charge >= 0.3 is 0 Å². The predicted molar refractivity (Wildman–Crippen MR) is 188 cm³/mol. The van der Waals surface area contributed by atoms with E-state index >= 15 is 0 Å². The fourth-order valence-electron chi connectivity index (χ4n) is 6.29. The quantitative estimate of drug-likeness (QED) is 0.187. The fourth-order valence-corrected chi connectivity index (χ4v) is 6.29. The monoisotopic (exact) mass is 564 g/mol. The van der Waals surface area contributed by atoms with Crippen LogP contribution in [0.5, 0.6) is 0 Å². The highest BCUT2D eigenvalue weighted by atomic mass is 14.9. The van der Waals surface area contributed by atoms with Gasteiger partial charge in [0.25, 0.3) is 0 Å². The van der Waals surface area contributed by atoms with Gasteiger partial charge in [0.15, 0.2) is 0 Å². The second kappa shape index (κ2) is 13.6. The van der Waals surface area contributed by atoms with Gasteiger partial charge in [0, 0.05) is 34.1 Å². The molecule has 3 unspecified atom stereocenters. The Morgan fingerprint density at radius 3 is 1.98 bits per heavy atom. The molecule has 3 atom stereocenters. The first-order chi connectivity index (χ1) is 20.9.